The summed E-state index contributed by atoms with van der Waals surface area (Å²) in [5, 5.41) is 14.1. The second kappa shape index (κ2) is 5.33. The molecular formula is C10H17N5O2. The fraction of sp³-hybridized carbons (Fsp3) is 0.500. The van der Waals surface area contributed by atoms with E-state index in [4.69, 9.17) is 10.9 Å². The Bertz CT molecular complexity index is 397. The molecule has 0 saturated carbocycles. The van der Waals surface area contributed by atoms with E-state index >= 15 is 0 Å². The summed E-state index contributed by atoms with van der Waals surface area (Å²) in [7, 11) is 0. The lowest BCUT2D eigenvalue weighted by Gasteiger charge is -2.21. The van der Waals surface area contributed by atoms with Crippen LogP contribution < -0.4 is 11.1 Å². The summed E-state index contributed by atoms with van der Waals surface area (Å²) in [5.74, 6) is 0.388. The highest BCUT2D eigenvalue weighted by molar-refractivity contribution is 6.05. The van der Waals surface area contributed by atoms with E-state index in [1.54, 1.807) is 26.2 Å². The Hall–Kier alpha value is -2.05. The van der Waals surface area contributed by atoms with Gasteiger partial charge in [-0.15, -0.1) is 0 Å². The lowest BCUT2D eigenvalue weighted by molar-refractivity contribution is -0.126. The number of imidazole rings is 1. The third-order valence-electron chi connectivity index (χ3n) is 2.52. The van der Waals surface area contributed by atoms with Crippen LogP contribution in [0, 0.1) is 5.41 Å². The molecule has 7 nitrogen and oxygen atoms in total. The molecule has 1 heterocycles. The first kappa shape index (κ1) is 13.0. The number of nitrogens with zero attached hydrogens (tertiary/aromatic N) is 2. The standard InChI is InChI=1S/C10H17N5O2/c1-10(2,8(11)15-17)9(16)14-4-3-7-12-5-6-13-7/h5-6,17H,3-4H2,1-2H3,(H2,11,15)(H,12,13)(H,14,16). The summed E-state index contributed by atoms with van der Waals surface area (Å²) >= 11 is 0. The number of rotatable bonds is 5. The van der Waals surface area contributed by atoms with Gasteiger partial charge < -0.3 is 21.2 Å². The molecule has 1 rings (SSSR count). The van der Waals surface area contributed by atoms with Gasteiger partial charge in [0.25, 0.3) is 0 Å². The summed E-state index contributed by atoms with van der Waals surface area (Å²) in [5.41, 5.74) is 4.41. The number of nitrogens with two attached hydrogens (primary N) is 1. The van der Waals surface area contributed by atoms with Gasteiger partial charge in [-0.05, 0) is 13.8 Å². The number of aromatic amines is 1. The molecule has 0 aliphatic rings. The van der Waals surface area contributed by atoms with Crippen LogP contribution in [-0.4, -0.2) is 33.5 Å². The van der Waals surface area contributed by atoms with Gasteiger partial charge in [0, 0.05) is 25.4 Å². The van der Waals surface area contributed by atoms with Crippen LogP contribution in [-0.2, 0) is 11.2 Å². The third kappa shape index (κ3) is 3.20. The molecule has 0 saturated heterocycles. The fourth-order valence-corrected chi connectivity index (χ4v) is 1.19. The summed E-state index contributed by atoms with van der Waals surface area (Å²) < 4.78 is 0. The molecule has 0 aromatic carbocycles. The molecule has 0 bridgehead atoms. The number of carbonyl (C=O) groups excluding carboxylic acids is 1. The van der Waals surface area contributed by atoms with Gasteiger partial charge in [-0.1, -0.05) is 5.16 Å². The van der Waals surface area contributed by atoms with E-state index in [-0.39, 0.29) is 11.7 Å². The first-order valence-corrected chi connectivity index (χ1v) is 5.23. The van der Waals surface area contributed by atoms with Gasteiger partial charge in [0.1, 0.15) is 11.2 Å². The Morgan fingerprint density at radius 2 is 2.41 bits per heavy atom. The van der Waals surface area contributed by atoms with Gasteiger partial charge in [-0.25, -0.2) is 4.98 Å². The highest BCUT2D eigenvalue weighted by Crippen LogP contribution is 2.14. The largest absolute Gasteiger partial charge is 0.409 e. The van der Waals surface area contributed by atoms with Gasteiger partial charge >= 0.3 is 0 Å². The summed E-state index contributed by atoms with van der Waals surface area (Å²) in [6, 6.07) is 0. The average molecular weight is 239 g/mol. The molecule has 5 N–H and O–H groups in total. The zero-order valence-electron chi connectivity index (χ0n) is 9.90. The smallest absolute Gasteiger partial charge is 0.233 e. The van der Waals surface area contributed by atoms with Crippen LogP contribution >= 0.6 is 0 Å². The Kier molecular flexibility index (Phi) is 4.08. The van der Waals surface area contributed by atoms with Crippen molar-refractivity contribution >= 4 is 11.7 Å². The van der Waals surface area contributed by atoms with Gasteiger partial charge in [0.05, 0.1) is 0 Å². The topological polar surface area (TPSA) is 116 Å². The second-order valence-electron chi connectivity index (χ2n) is 4.15. The minimum Gasteiger partial charge on any atom is -0.409 e. The minimum atomic E-state index is -1.03. The van der Waals surface area contributed by atoms with Crippen LogP contribution in [0.15, 0.2) is 17.5 Å². The van der Waals surface area contributed by atoms with Crippen molar-refractivity contribution in [1.29, 1.82) is 0 Å². The maximum absolute atomic E-state index is 11.8. The van der Waals surface area contributed by atoms with Crippen LogP contribution in [0.2, 0.25) is 0 Å². The van der Waals surface area contributed by atoms with Crippen LogP contribution in [0.25, 0.3) is 0 Å². The van der Waals surface area contributed by atoms with Gasteiger partial charge in [-0.3, -0.25) is 4.79 Å². The highest BCUT2D eigenvalue weighted by atomic mass is 16.4. The maximum Gasteiger partial charge on any atom is 0.233 e. The van der Waals surface area contributed by atoms with Crippen LogP contribution in [0.3, 0.4) is 0 Å². The molecule has 17 heavy (non-hydrogen) atoms. The van der Waals surface area contributed by atoms with Crippen molar-refractivity contribution in [2.75, 3.05) is 6.54 Å². The van der Waals surface area contributed by atoms with Crippen molar-refractivity contribution in [3.05, 3.63) is 18.2 Å². The Morgan fingerprint density at radius 3 is 2.94 bits per heavy atom. The number of aromatic nitrogens is 2. The van der Waals surface area contributed by atoms with E-state index in [2.05, 4.69) is 20.4 Å². The monoisotopic (exact) mass is 239 g/mol. The number of amides is 1. The molecule has 0 atom stereocenters. The number of oxime groups is 1. The fourth-order valence-electron chi connectivity index (χ4n) is 1.19. The number of carbonyl (C=O) groups is 1. The molecular weight excluding hydrogens is 222 g/mol. The highest BCUT2D eigenvalue weighted by Gasteiger charge is 2.32. The van der Waals surface area contributed by atoms with E-state index in [0.29, 0.717) is 13.0 Å². The first-order valence-electron chi connectivity index (χ1n) is 5.23. The zero-order valence-corrected chi connectivity index (χ0v) is 9.90. The molecule has 0 radical (unpaired) electrons. The number of amidine groups is 1. The number of H-pyrrole nitrogens is 1. The van der Waals surface area contributed by atoms with Gasteiger partial charge in [-0.2, -0.15) is 0 Å². The van der Waals surface area contributed by atoms with E-state index < -0.39 is 5.41 Å². The Balaban J connectivity index is 2.44. The number of nitrogens with one attached hydrogen (secondary N) is 2. The molecule has 1 amide bonds. The summed E-state index contributed by atoms with van der Waals surface area (Å²) in [6.45, 7) is 3.61. The quantitative estimate of drug-likeness (QED) is 0.247. The van der Waals surface area contributed by atoms with Crippen molar-refractivity contribution < 1.29 is 10.0 Å². The Labute approximate surface area is 99.1 Å². The molecule has 0 unspecified atom stereocenters. The summed E-state index contributed by atoms with van der Waals surface area (Å²) in [4.78, 5) is 18.7. The van der Waals surface area contributed by atoms with E-state index in [0.717, 1.165) is 5.82 Å². The third-order valence-corrected chi connectivity index (χ3v) is 2.52. The first-order chi connectivity index (χ1) is 7.98. The van der Waals surface area contributed by atoms with Crippen molar-refractivity contribution in [3.8, 4) is 0 Å². The van der Waals surface area contributed by atoms with Crippen molar-refractivity contribution in [1.82, 2.24) is 15.3 Å². The predicted molar refractivity (Wildman–Crippen MR) is 62.5 cm³/mol. The zero-order chi connectivity index (χ0) is 12.9. The molecule has 0 spiro atoms. The van der Waals surface area contributed by atoms with E-state index in [1.807, 2.05) is 0 Å². The lowest BCUT2D eigenvalue weighted by Crippen LogP contribution is -2.46. The second-order valence-corrected chi connectivity index (χ2v) is 4.15. The average Bonchev–Trinajstić information content (AvgIpc) is 2.80. The van der Waals surface area contributed by atoms with Crippen LogP contribution in [0.5, 0.6) is 0 Å². The van der Waals surface area contributed by atoms with Gasteiger partial charge in [0.15, 0.2) is 5.84 Å². The van der Waals surface area contributed by atoms with Gasteiger partial charge in [0.2, 0.25) is 5.91 Å². The number of hydrogen-bond donors (Lipinski definition) is 4. The summed E-state index contributed by atoms with van der Waals surface area (Å²) in [6.07, 6.45) is 3.97. The van der Waals surface area contributed by atoms with E-state index in [9.17, 15) is 4.79 Å². The van der Waals surface area contributed by atoms with Crippen molar-refractivity contribution in [2.24, 2.45) is 16.3 Å². The van der Waals surface area contributed by atoms with E-state index in [1.165, 1.54) is 0 Å². The van der Waals surface area contributed by atoms with Crippen molar-refractivity contribution in [3.63, 3.8) is 0 Å². The molecule has 7 heteroatoms. The Morgan fingerprint density at radius 1 is 1.71 bits per heavy atom. The molecule has 0 fully saturated rings. The van der Waals surface area contributed by atoms with Crippen LogP contribution in [0.4, 0.5) is 0 Å². The van der Waals surface area contributed by atoms with Crippen LogP contribution in [0.1, 0.15) is 19.7 Å². The maximum atomic E-state index is 11.8. The number of hydrogen-bond acceptors (Lipinski definition) is 4. The molecule has 0 aliphatic carbocycles. The van der Waals surface area contributed by atoms with Crippen molar-refractivity contribution in [2.45, 2.75) is 20.3 Å². The molecule has 0 aliphatic heterocycles. The molecule has 1 aromatic heterocycles. The SMILES string of the molecule is CC(C)(C(=O)NCCc1ncc[nH]1)/C(N)=N/O. The normalized spacial score (nSPS) is 12.5. The molecule has 94 valence electrons. The lowest BCUT2D eigenvalue weighted by atomic mass is 9.91. The molecule has 1 aromatic rings. The minimum absolute atomic E-state index is 0.118. The predicted octanol–water partition coefficient (Wildman–Crippen LogP) is -0.159.